The molecule has 0 aliphatic carbocycles. The van der Waals surface area contributed by atoms with Gasteiger partial charge < -0.3 is 25.2 Å². The Morgan fingerprint density at radius 1 is 0.653 bits per heavy atom. The smallest absolute Gasteiger partial charge is 0.472 e. The van der Waals surface area contributed by atoms with E-state index in [4.69, 9.17) is 4.74 Å². The molecule has 0 radical (unpaired) electrons. The minimum Gasteiger partial charge on any atom is -0.480 e. The summed E-state index contributed by atoms with van der Waals surface area (Å²) in [6.07, 6.45) is 32.4. The summed E-state index contributed by atoms with van der Waals surface area (Å²) in [5.74, 6) is -2.42. The molecule has 12 heteroatoms. The fourth-order valence-electron chi connectivity index (χ4n) is 4.97. The predicted octanol–water partition coefficient (Wildman–Crippen LogP) is 8.72. The van der Waals surface area contributed by atoms with Crippen molar-refractivity contribution >= 4 is 25.7 Å². The Labute approximate surface area is 296 Å². The third kappa shape index (κ3) is 32.9. The van der Waals surface area contributed by atoms with Gasteiger partial charge in [0.25, 0.3) is 0 Å². The Balaban J connectivity index is 3.68. The molecule has 0 spiro atoms. The van der Waals surface area contributed by atoms with Gasteiger partial charge in [-0.1, -0.05) is 128 Å². The maximum Gasteiger partial charge on any atom is 0.472 e. The highest BCUT2D eigenvalue weighted by Crippen LogP contribution is 2.43. The van der Waals surface area contributed by atoms with Crippen LogP contribution in [0.4, 0.5) is 0 Å². The number of aliphatic carboxylic acids is 1. The first kappa shape index (κ1) is 47.0. The van der Waals surface area contributed by atoms with Gasteiger partial charge in [-0.15, -0.1) is 0 Å². The Morgan fingerprint density at radius 3 is 1.67 bits per heavy atom. The van der Waals surface area contributed by atoms with E-state index in [1.807, 2.05) is 6.92 Å². The topological polar surface area (TPSA) is 169 Å². The fourth-order valence-corrected chi connectivity index (χ4v) is 5.74. The van der Waals surface area contributed by atoms with Gasteiger partial charge in [-0.2, -0.15) is 0 Å². The Morgan fingerprint density at radius 2 is 1.14 bits per heavy atom. The molecule has 1 amide bonds. The fraction of sp³-hybridized carbons (Fsp3) is 0.811. The molecule has 0 saturated carbocycles. The van der Waals surface area contributed by atoms with Crippen LogP contribution in [0.2, 0.25) is 0 Å². The van der Waals surface area contributed by atoms with Gasteiger partial charge in [-0.25, -0.2) is 9.36 Å². The minimum atomic E-state index is -4.72. The second-order valence-corrected chi connectivity index (χ2v) is 14.2. The predicted molar refractivity (Wildman–Crippen MR) is 194 cm³/mol. The molecule has 286 valence electrons. The second kappa shape index (κ2) is 33.1. The number of unbranched alkanes of at least 4 members (excludes halogenated alkanes) is 17. The normalized spacial score (nSPS) is 14.2. The molecule has 0 aliphatic heterocycles. The van der Waals surface area contributed by atoms with Crippen LogP contribution >= 0.6 is 7.82 Å². The van der Waals surface area contributed by atoms with Gasteiger partial charge in [-0.3, -0.25) is 18.6 Å². The number of phosphoric ester groups is 1. The zero-order valence-corrected chi connectivity index (χ0v) is 31.4. The van der Waals surface area contributed by atoms with Crippen molar-refractivity contribution in [2.45, 2.75) is 174 Å². The lowest BCUT2D eigenvalue weighted by atomic mass is 10.0. The van der Waals surface area contributed by atoms with Crippen LogP contribution in [0, 0.1) is 0 Å². The number of amides is 1. The number of nitrogens with one attached hydrogen (secondary N) is 1. The lowest BCUT2D eigenvalue weighted by Gasteiger charge is -2.18. The average molecular weight is 718 g/mol. The largest absolute Gasteiger partial charge is 0.480 e. The molecule has 0 aliphatic rings. The van der Waals surface area contributed by atoms with Crippen molar-refractivity contribution in [3.05, 3.63) is 24.3 Å². The minimum absolute atomic E-state index is 0.121. The summed E-state index contributed by atoms with van der Waals surface area (Å²) in [6, 6.07) is -1.54. The van der Waals surface area contributed by atoms with Crippen molar-refractivity contribution in [1.29, 1.82) is 0 Å². The number of allylic oxidation sites excluding steroid dienone is 4. The number of esters is 1. The highest BCUT2D eigenvalue weighted by molar-refractivity contribution is 7.47. The standard InChI is InChI=1S/C37H68NO10P/c1-3-5-7-8-9-10-11-12-13-14-15-16-17-18-19-20-21-22-23-24-25-26-27-29-36(41)46-30-33(39)31-47-49(44,45)48-32-34(37(42)43)38-35(40)28-6-4-2/h9-10,12-13,33-34,39H,3-8,11,14-32H2,1-2H3,(H,38,40)(H,42,43)(H,44,45)/b10-9-,13-12-. The maximum absolute atomic E-state index is 12.0. The molecule has 0 heterocycles. The number of phosphoric acid groups is 1. The van der Waals surface area contributed by atoms with Crippen LogP contribution in [0.1, 0.15) is 162 Å². The molecule has 0 rings (SSSR count). The summed E-state index contributed by atoms with van der Waals surface area (Å²) in [5, 5.41) is 21.4. The van der Waals surface area contributed by atoms with Gasteiger partial charge in [-0.05, 0) is 44.9 Å². The Kier molecular flexibility index (Phi) is 31.7. The average Bonchev–Trinajstić information content (AvgIpc) is 3.07. The molecule has 0 aromatic heterocycles. The second-order valence-electron chi connectivity index (χ2n) is 12.8. The van der Waals surface area contributed by atoms with E-state index in [0.29, 0.717) is 12.8 Å². The van der Waals surface area contributed by atoms with E-state index in [1.165, 1.54) is 89.9 Å². The molecule has 0 fully saturated rings. The summed E-state index contributed by atoms with van der Waals surface area (Å²) >= 11 is 0. The van der Waals surface area contributed by atoms with E-state index in [1.54, 1.807) is 0 Å². The van der Waals surface area contributed by atoms with E-state index < -0.39 is 57.6 Å². The molecule has 0 bridgehead atoms. The zero-order valence-electron chi connectivity index (χ0n) is 30.5. The molecule has 0 saturated heterocycles. The van der Waals surface area contributed by atoms with Gasteiger partial charge in [0.15, 0.2) is 6.04 Å². The molecule has 3 unspecified atom stereocenters. The first-order valence-corrected chi connectivity index (χ1v) is 20.4. The number of aliphatic hydroxyl groups is 1. The number of carbonyl (C=O) groups is 3. The monoisotopic (exact) mass is 717 g/mol. The first-order valence-electron chi connectivity index (χ1n) is 18.9. The third-order valence-electron chi connectivity index (χ3n) is 7.99. The van der Waals surface area contributed by atoms with Gasteiger partial charge >= 0.3 is 19.8 Å². The summed E-state index contributed by atoms with van der Waals surface area (Å²) in [6.45, 7) is 2.23. The van der Waals surface area contributed by atoms with Crippen molar-refractivity contribution in [2.75, 3.05) is 19.8 Å². The molecular weight excluding hydrogens is 649 g/mol. The van der Waals surface area contributed by atoms with E-state index >= 15 is 0 Å². The van der Waals surface area contributed by atoms with Crippen LogP contribution in [0.15, 0.2) is 24.3 Å². The third-order valence-corrected chi connectivity index (χ3v) is 8.94. The summed E-state index contributed by atoms with van der Waals surface area (Å²) in [5.41, 5.74) is 0. The number of carboxylic acids is 1. The van der Waals surface area contributed by atoms with Crippen LogP contribution in [0.5, 0.6) is 0 Å². The van der Waals surface area contributed by atoms with E-state index in [9.17, 15) is 34.1 Å². The van der Waals surface area contributed by atoms with Crippen molar-refractivity contribution in [2.24, 2.45) is 0 Å². The van der Waals surface area contributed by atoms with Gasteiger partial charge in [0.1, 0.15) is 12.7 Å². The van der Waals surface area contributed by atoms with Gasteiger partial charge in [0.2, 0.25) is 5.91 Å². The van der Waals surface area contributed by atoms with Crippen molar-refractivity contribution in [3.63, 3.8) is 0 Å². The number of rotatable bonds is 35. The van der Waals surface area contributed by atoms with Crippen LogP contribution in [0.3, 0.4) is 0 Å². The molecule has 49 heavy (non-hydrogen) atoms. The molecule has 0 aromatic carbocycles. The lowest BCUT2D eigenvalue weighted by molar-refractivity contribution is -0.147. The summed E-state index contributed by atoms with van der Waals surface area (Å²) in [7, 11) is -4.72. The summed E-state index contributed by atoms with van der Waals surface area (Å²) < 4.78 is 26.4. The molecule has 11 nitrogen and oxygen atoms in total. The molecule has 0 aromatic rings. The van der Waals surface area contributed by atoms with Crippen molar-refractivity contribution < 1.29 is 47.8 Å². The van der Waals surface area contributed by atoms with E-state index in [2.05, 4.69) is 45.6 Å². The molecule has 3 atom stereocenters. The van der Waals surface area contributed by atoms with Gasteiger partial charge in [0.05, 0.1) is 13.2 Å². The maximum atomic E-state index is 12.0. The number of ether oxygens (including phenoxy) is 1. The number of carbonyl (C=O) groups excluding carboxylic acids is 2. The van der Waals surface area contributed by atoms with Crippen LogP contribution in [0.25, 0.3) is 0 Å². The summed E-state index contributed by atoms with van der Waals surface area (Å²) in [4.78, 5) is 44.8. The lowest BCUT2D eigenvalue weighted by Crippen LogP contribution is -2.43. The zero-order chi connectivity index (χ0) is 36.4. The number of hydrogen-bond acceptors (Lipinski definition) is 8. The SMILES string of the molecule is CCCCC/C=C\C/C=C\CCCCCCCCCCCCCCCC(=O)OCC(O)COP(=O)(O)OCC(NC(=O)CCCC)C(=O)O. The van der Waals surface area contributed by atoms with Gasteiger partial charge in [0, 0.05) is 12.8 Å². The van der Waals surface area contributed by atoms with Crippen molar-refractivity contribution in [3.8, 4) is 0 Å². The first-order chi connectivity index (χ1) is 23.6. The van der Waals surface area contributed by atoms with Crippen LogP contribution in [-0.4, -0.2) is 64.9 Å². The molecular formula is C37H68NO10P. The van der Waals surface area contributed by atoms with Crippen molar-refractivity contribution in [1.82, 2.24) is 5.32 Å². The number of aliphatic hydroxyl groups excluding tert-OH is 1. The quantitative estimate of drug-likeness (QED) is 0.0215. The highest BCUT2D eigenvalue weighted by Gasteiger charge is 2.28. The van der Waals surface area contributed by atoms with E-state index in [-0.39, 0.29) is 12.8 Å². The van der Waals surface area contributed by atoms with Crippen LogP contribution < -0.4 is 5.32 Å². The Bertz CT molecular complexity index is 942. The highest BCUT2D eigenvalue weighted by atomic mass is 31.2. The molecule has 4 N–H and O–H groups in total. The Hall–Kier alpha value is -2.04. The van der Waals surface area contributed by atoms with Crippen LogP contribution in [-0.2, 0) is 32.7 Å². The van der Waals surface area contributed by atoms with E-state index in [0.717, 1.165) is 32.1 Å². The number of carboxylic acid groups (broad SMARTS) is 1. The number of hydrogen-bond donors (Lipinski definition) is 4.